The minimum absolute atomic E-state index is 0.0730. The quantitative estimate of drug-likeness (QED) is 0.269. The minimum Gasteiger partial charge on any atom is -0.475 e. The molecule has 1 saturated heterocycles. The number of hydrogen-bond donors (Lipinski definition) is 2. The van der Waals surface area contributed by atoms with Gasteiger partial charge < -0.3 is 25.4 Å². The maximum absolute atomic E-state index is 13.7. The molecular formula is C27H36N8O6S. The van der Waals surface area contributed by atoms with Gasteiger partial charge in [0.2, 0.25) is 15.9 Å². The molecule has 1 fully saturated rings. The summed E-state index contributed by atoms with van der Waals surface area (Å²) in [6.45, 7) is 7.09. The van der Waals surface area contributed by atoms with E-state index in [0.29, 0.717) is 44.0 Å². The van der Waals surface area contributed by atoms with Crippen molar-refractivity contribution in [2.45, 2.75) is 31.7 Å². The van der Waals surface area contributed by atoms with Gasteiger partial charge in [0.15, 0.2) is 5.69 Å². The Hall–Kier alpha value is -3.92. The molecule has 4 rings (SSSR count). The highest BCUT2D eigenvalue weighted by molar-refractivity contribution is 7.89. The SMILES string of the molecule is CCc1c(NC(=O)c2cc(S(=O)(=O)N3CCN(CC)CC3)cnc2OCCOC)c(C(N)=O)nn1Cc1ccccn1. The molecule has 0 saturated carbocycles. The molecule has 3 aromatic heterocycles. The van der Waals surface area contributed by atoms with Gasteiger partial charge in [-0.05, 0) is 31.2 Å². The number of sulfonamides is 1. The Morgan fingerprint density at radius 1 is 1.10 bits per heavy atom. The van der Waals surface area contributed by atoms with Crippen molar-refractivity contribution < 1.29 is 27.5 Å². The second kappa shape index (κ2) is 13.8. The highest BCUT2D eigenvalue weighted by Crippen LogP contribution is 2.27. The van der Waals surface area contributed by atoms with Crippen molar-refractivity contribution in [3.8, 4) is 5.88 Å². The van der Waals surface area contributed by atoms with Crippen molar-refractivity contribution in [1.82, 2.24) is 29.0 Å². The van der Waals surface area contributed by atoms with Crippen molar-refractivity contribution in [3.05, 3.63) is 59.3 Å². The van der Waals surface area contributed by atoms with Gasteiger partial charge in [-0.3, -0.25) is 19.3 Å². The topological polar surface area (TPSA) is 175 Å². The summed E-state index contributed by atoms with van der Waals surface area (Å²) in [5, 5.41) is 7.08. The Morgan fingerprint density at radius 2 is 1.86 bits per heavy atom. The van der Waals surface area contributed by atoms with Crippen LogP contribution in [0.4, 0.5) is 5.69 Å². The van der Waals surface area contributed by atoms with E-state index in [-0.39, 0.29) is 47.5 Å². The van der Waals surface area contributed by atoms with Crippen molar-refractivity contribution >= 4 is 27.5 Å². The van der Waals surface area contributed by atoms with Crippen LogP contribution in [0, 0.1) is 0 Å². The molecular weight excluding hydrogens is 564 g/mol. The van der Waals surface area contributed by atoms with E-state index in [2.05, 4.69) is 25.3 Å². The van der Waals surface area contributed by atoms with Crippen molar-refractivity contribution in [1.29, 1.82) is 0 Å². The summed E-state index contributed by atoms with van der Waals surface area (Å²) in [5.74, 6) is -1.66. The zero-order valence-electron chi connectivity index (χ0n) is 23.9. The van der Waals surface area contributed by atoms with E-state index in [1.165, 1.54) is 23.7 Å². The lowest BCUT2D eigenvalue weighted by Gasteiger charge is -2.33. The van der Waals surface area contributed by atoms with Crippen molar-refractivity contribution in [3.63, 3.8) is 0 Å². The zero-order chi connectivity index (χ0) is 30.3. The van der Waals surface area contributed by atoms with Gasteiger partial charge >= 0.3 is 0 Å². The van der Waals surface area contributed by atoms with Gasteiger partial charge in [-0.15, -0.1) is 0 Å². The molecule has 15 heteroatoms. The summed E-state index contributed by atoms with van der Waals surface area (Å²) >= 11 is 0. The summed E-state index contributed by atoms with van der Waals surface area (Å²) in [7, 11) is -2.44. The number of methoxy groups -OCH3 is 1. The number of likely N-dealkylation sites (N-methyl/N-ethyl adjacent to an activating group) is 1. The average Bonchev–Trinajstić information content (AvgIpc) is 3.34. The number of amides is 2. The fraction of sp³-hybridized carbons (Fsp3) is 0.444. The lowest BCUT2D eigenvalue weighted by molar-refractivity contribution is 0.0995. The van der Waals surface area contributed by atoms with Gasteiger partial charge in [0.1, 0.15) is 17.1 Å². The molecule has 4 heterocycles. The number of carbonyl (C=O) groups is 2. The predicted octanol–water partition coefficient (Wildman–Crippen LogP) is 0.986. The summed E-state index contributed by atoms with van der Waals surface area (Å²) < 4.78 is 40.6. The summed E-state index contributed by atoms with van der Waals surface area (Å²) in [6, 6.07) is 6.66. The molecule has 3 N–H and O–H groups in total. The lowest BCUT2D eigenvalue weighted by atomic mass is 10.2. The van der Waals surface area contributed by atoms with Gasteiger partial charge in [0, 0.05) is 39.5 Å². The normalized spacial score (nSPS) is 14.5. The zero-order valence-corrected chi connectivity index (χ0v) is 24.8. The number of aromatic nitrogens is 4. The van der Waals surface area contributed by atoms with E-state index >= 15 is 0 Å². The highest BCUT2D eigenvalue weighted by Gasteiger charge is 2.31. The second-order valence-electron chi connectivity index (χ2n) is 9.52. The molecule has 3 aromatic rings. The van der Waals surface area contributed by atoms with Crippen molar-refractivity contribution in [2.24, 2.45) is 5.73 Å². The molecule has 226 valence electrons. The van der Waals surface area contributed by atoms with Crippen LogP contribution in [-0.4, -0.2) is 102 Å². The minimum atomic E-state index is -3.94. The number of rotatable bonds is 13. The van der Waals surface area contributed by atoms with Crippen molar-refractivity contribution in [2.75, 3.05) is 58.4 Å². The molecule has 0 atom stereocenters. The van der Waals surface area contributed by atoms with E-state index in [4.69, 9.17) is 15.2 Å². The Kier molecular flexibility index (Phi) is 10.2. The summed E-state index contributed by atoms with van der Waals surface area (Å²) in [6.07, 6.45) is 3.22. The standard InChI is InChI=1S/C27H36N8O6S/c1-4-22-23(24(25(28)36)32-35(22)18-19-8-6-7-9-29-19)31-26(37)21-16-20(17-30-27(21)41-15-14-40-3)42(38,39)34-12-10-33(5-2)11-13-34/h6-9,16-17H,4-5,10-15,18H2,1-3H3,(H2,28,36)(H,31,37). The van der Waals surface area contributed by atoms with Crippen LogP contribution in [-0.2, 0) is 27.7 Å². The maximum atomic E-state index is 13.7. The lowest BCUT2D eigenvalue weighted by Crippen LogP contribution is -2.48. The van der Waals surface area contributed by atoms with E-state index < -0.39 is 21.8 Å². The van der Waals surface area contributed by atoms with Crippen LogP contribution in [0.3, 0.4) is 0 Å². The first-order chi connectivity index (χ1) is 20.2. The number of nitrogens with zero attached hydrogens (tertiary/aromatic N) is 6. The first-order valence-corrected chi connectivity index (χ1v) is 15.1. The first-order valence-electron chi connectivity index (χ1n) is 13.6. The number of pyridine rings is 2. The van der Waals surface area contributed by atoms with Crippen LogP contribution in [0.2, 0.25) is 0 Å². The Labute approximate surface area is 244 Å². The van der Waals surface area contributed by atoms with Crippen LogP contribution >= 0.6 is 0 Å². The molecule has 0 spiro atoms. The number of ether oxygens (including phenoxy) is 2. The molecule has 14 nitrogen and oxygen atoms in total. The fourth-order valence-corrected chi connectivity index (χ4v) is 6.02. The van der Waals surface area contributed by atoms with Crippen LogP contribution in [0.5, 0.6) is 5.88 Å². The van der Waals surface area contributed by atoms with Gasteiger partial charge in [-0.2, -0.15) is 9.40 Å². The third-order valence-electron chi connectivity index (χ3n) is 6.92. The third kappa shape index (κ3) is 6.92. The monoisotopic (exact) mass is 600 g/mol. The molecule has 0 bridgehead atoms. The Balaban J connectivity index is 1.69. The van der Waals surface area contributed by atoms with Gasteiger partial charge in [0.25, 0.3) is 11.8 Å². The van der Waals surface area contributed by atoms with Gasteiger partial charge in [-0.25, -0.2) is 13.4 Å². The number of nitrogens with one attached hydrogen (secondary N) is 1. The Morgan fingerprint density at radius 3 is 2.48 bits per heavy atom. The number of nitrogens with two attached hydrogens (primary N) is 1. The fourth-order valence-electron chi connectivity index (χ4n) is 4.63. The molecule has 1 aliphatic rings. The molecule has 42 heavy (non-hydrogen) atoms. The summed E-state index contributed by atoms with van der Waals surface area (Å²) in [4.78, 5) is 36.6. The molecule has 0 aliphatic carbocycles. The number of piperazine rings is 1. The second-order valence-corrected chi connectivity index (χ2v) is 11.5. The first kappa shape index (κ1) is 31.0. The van der Waals surface area contributed by atoms with Gasteiger partial charge in [0.05, 0.1) is 36.4 Å². The predicted molar refractivity (Wildman–Crippen MR) is 154 cm³/mol. The largest absolute Gasteiger partial charge is 0.475 e. The third-order valence-corrected chi connectivity index (χ3v) is 8.78. The smallest absolute Gasteiger partial charge is 0.271 e. The van der Waals surface area contributed by atoms with E-state index in [9.17, 15) is 18.0 Å². The molecule has 2 amide bonds. The van der Waals surface area contributed by atoms with Gasteiger partial charge in [-0.1, -0.05) is 19.9 Å². The maximum Gasteiger partial charge on any atom is 0.271 e. The van der Waals surface area contributed by atoms with E-state index in [0.717, 1.165) is 6.54 Å². The molecule has 0 unspecified atom stereocenters. The Bertz CT molecular complexity index is 1500. The van der Waals surface area contributed by atoms with Crippen LogP contribution < -0.4 is 15.8 Å². The molecule has 0 aromatic carbocycles. The molecule has 0 radical (unpaired) electrons. The number of carbonyl (C=O) groups excluding carboxylic acids is 2. The van der Waals surface area contributed by atoms with Crippen LogP contribution in [0.15, 0.2) is 41.6 Å². The number of hydrogen-bond acceptors (Lipinski definition) is 10. The highest BCUT2D eigenvalue weighted by atomic mass is 32.2. The summed E-state index contributed by atoms with van der Waals surface area (Å²) in [5.41, 5.74) is 6.72. The van der Waals surface area contributed by atoms with E-state index in [1.807, 2.05) is 26.0 Å². The average molecular weight is 601 g/mol. The molecule has 1 aliphatic heterocycles. The van der Waals surface area contributed by atoms with E-state index in [1.54, 1.807) is 16.9 Å². The number of anilines is 1. The number of primary amides is 1. The van der Waals surface area contributed by atoms with Crippen LogP contribution in [0.25, 0.3) is 0 Å². The van der Waals surface area contributed by atoms with Crippen LogP contribution in [0.1, 0.15) is 46.1 Å².